The van der Waals surface area contributed by atoms with E-state index in [0.29, 0.717) is 6.42 Å². The number of ketones is 1. The van der Waals surface area contributed by atoms with Crippen molar-refractivity contribution in [2.24, 2.45) is 0 Å². The van der Waals surface area contributed by atoms with E-state index in [1.165, 1.54) is 0 Å². The zero-order valence-electron chi connectivity index (χ0n) is 10.0. The van der Waals surface area contributed by atoms with Gasteiger partial charge in [0.05, 0.1) is 0 Å². The molecule has 6 heteroatoms. The smallest absolute Gasteiger partial charge is 0.410 e. The molecule has 0 radical (unpaired) electrons. The van der Waals surface area contributed by atoms with Gasteiger partial charge in [-0.3, -0.25) is 9.69 Å². The zero-order chi connectivity index (χ0) is 13.0. The molecule has 0 saturated carbocycles. The number of amides is 1. The van der Waals surface area contributed by atoms with Crippen molar-refractivity contribution in [3.63, 3.8) is 0 Å². The highest BCUT2D eigenvalue weighted by Crippen LogP contribution is 2.16. The van der Waals surface area contributed by atoms with Crippen LogP contribution in [0.25, 0.3) is 0 Å². The molecular formula is C11H17NO5. The number of aliphatic carboxylic acids is 1. The number of carbonyl (C=O) groups excluding carboxylic acids is 2. The topological polar surface area (TPSA) is 83.9 Å². The van der Waals surface area contributed by atoms with Gasteiger partial charge in [-0.05, 0) is 13.3 Å². The van der Waals surface area contributed by atoms with Crippen molar-refractivity contribution in [2.45, 2.75) is 45.3 Å². The molecule has 1 fully saturated rings. The molecule has 1 heterocycles. The number of carboxylic acids is 1. The molecule has 1 rings (SSSR count). The number of ether oxygens (including phenoxy) is 1. The van der Waals surface area contributed by atoms with Gasteiger partial charge >= 0.3 is 12.1 Å². The maximum atomic E-state index is 11.7. The standard InChI is InChI=1S/C11H17NO5/c1-3-7(2)17-11(16)12-5-4-8(13)6-9(12)10(14)15/h7,9H,3-6H2,1-2H3,(H,14,15)/t7?,9-/m0/s1. The molecule has 0 aromatic rings. The maximum absolute atomic E-state index is 11.7. The summed E-state index contributed by atoms with van der Waals surface area (Å²) in [6.45, 7) is 3.72. The Morgan fingerprint density at radius 1 is 1.59 bits per heavy atom. The van der Waals surface area contributed by atoms with Gasteiger partial charge < -0.3 is 9.84 Å². The molecule has 0 aliphatic carbocycles. The molecule has 1 saturated heterocycles. The Hall–Kier alpha value is -1.59. The van der Waals surface area contributed by atoms with E-state index < -0.39 is 18.1 Å². The SMILES string of the molecule is CCC(C)OC(=O)N1CCC(=O)C[C@H]1C(=O)O. The lowest BCUT2D eigenvalue weighted by atomic mass is 10.0. The van der Waals surface area contributed by atoms with E-state index >= 15 is 0 Å². The van der Waals surface area contributed by atoms with Crippen LogP contribution in [0.5, 0.6) is 0 Å². The van der Waals surface area contributed by atoms with Gasteiger partial charge in [-0.15, -0.1) is 0 Å². The average molecular weight is 243 g/mol. The number of rotatable bonds is 3. The normalized spacial score (nSPS) is 22.1. The third-order valence-corrected chi connectivity index (χ3v) is 2.83. The summed E-state index contributed by atoms with van der Waals surface area (Å²) in [6, 6.07) is -1.09. The van der Waals surface area contributed by atoms with Gasteiger partial charge in [-0.1, -0.05) is 6.92 Å². The first kappa shape index (κ1) is 13.5. The molecular weight excluding hydrogens is 226 g/mol. The fourth-order valence-corrected chi connectivity index (χ4v) is 1.59. The van der Waals surface area contributed by atoms with Crippen LogP contribution in [0.2, 0.25) is 0 Å². The number of hydrogen-bond donors (Lipinski definition) is 1. The molecule has 6 nitrogen and oxygen atoms in total. The molecule has 1 unspecified atom stereocenters. The quantitative estimate of drug-likeness (QED) is 0.800. The van der Waals surface area contributed by atoms with E-state index in [-0.39, 0.29) is 31.3 Å². The molecule has 17 heavy (non-hydrogen) atoms. The van der Waals surface area contributed by atoms with Gasteiger partial charge in [0.25, 0.3) is 0 Å². The monoisotopic (exact) mass is 243 g/mol. The summed E-state index contributed by atoms with van der Waals surface area (Å²) in [5.74, 6) is -1.30. The third-order valence-electron chi connectivity index (χ3n) is 2.83. The summed E-state index contributed by atoms with van der Waals surface area (Å²) in [4.78, 5) is 35.0. The van der Waals surface area contributed by atoms with Crippen LogP contribution < -0.4 is 0 Å². The predicted molar refractivity (Wildman–Crippen MR) is 58.6 cm³/mol. The lowest BCUT2D eigenvalue weighted by Crippen LogP contribution is -2.51. The first-order chi connectivity index (χ1) is 7.95. The van der Waals surface area contributed by atoms with E-state index in [2.05, 4.69) is 0 Å². The highest BCUT2D eigenvalue weighted by atomic mass is 16.6. The number of Topliss-reactive ketones (excluding diaryl/α,β-unsaturated/α-hetero) is 1. The lowest BCUT2D eigenvalue weighted by Gasteiger charge is -2.32. The summed E-state index contributed by atoms with van der Waals surface area (Å²) in [7, 11) is 0. The van der Waals surface area contributed by atoms with Crippen molar-refractivity contribution in [1.29, 1.82) is 0 Å². The first-order valence-corrected chi connectivity index (χ1v) is 5.67. The van der Waals surface area contributed by atoms with Crippen LogP contribution in [-0.2, 0) is 14.3 Å². The molecule has 2 atom stereocenters. The van der Waals surface area contributed by atoms with E-state index in [4.69, 9.17) is 9.84 Å². The maximum Gasteiger partial charge on any atom is 0.410 e. The second-order valence-corrected chi connectivity index (χ2v) is 4.14. The van der Waals surface area contributed by atoms with Gasteiger partial charge in [0.1, 0.15) is 17.9 Å². The molecule has 1 aliphatic rings. The molecule has 96 valence electrons. The molecule has 0 bridgehead atoms. The van der Waals surface area contributed by atoms with Crippen LogP contribution >= 0.6 is 0 Å². The highest BCUT2D eigenvalue weighted by Gasteiger charge is 2.36. The number of nitrogens with zero attached hydrogens (tertiary/aromatic N) is 1. The van der Waals surface area contributed by atoms with Crippen molar-refractivity contribution in [1.82, 2.24) is 4.90 Å². The minimum absolute atomic E-state index is 0.116. The van der Waals surface area contributed by atoms with Gasteiger partial charge in [-0.2, -0.15) is 0 Å². The first-order valence-electron chi connectivity index (χ1n) is 5.67. The van der Waals surface area contributed by atoms with Crippen molar-refractivity contribution in [3.8, 4) is 0 Å². The lowest BCUT2D eigenvalue weighted by molar-refractivity contribution is -0.146. The molecule has 0 aromatic carbocycles. The minimum atomic E-state index is -1.17. The second-order valence-electron chi connectivity index (χ2n) is 4.14. The summed E-state index contributed by atoms with van der Waals surface area (Å²) in [6.07, 6.45) is -0.186. The number of likely N-dealkylation sites (tertiary alicyclic amines) is 1. The summed E-state index contributed by atoms with van der Waals surface area (Å²) in [5.41, 5.74) is 0. The average Bonchev–Trinajstić information content (AvgIpc) is 2.28. The number of hydrogen-bond acceptors (Lipinski definition) is 4. The van der Waals surface area contributed by atoms with E-state index in [1.54, 1.807) is 6.92 Å². The fraction of sp³-hybridized carbons (Fsp3) is 0.727. The summed E-state index contributed by atoms with van der Waals surface area (Å²) >= 11 is 0. The Labute approximate surface area is 99.5 Å². The number of carboxylic acid groups (broad SMARTS) is 1. The van der Waals surface area contributed by atoms with Crippen LogP contribution in [0.1, 0.15) is 33.1 Å². The molecule has 0 spiro atoms. The van der Waals surface area contributed by atoms with Crippen LogP contribution in [-0.4, -0.2) is 46.5 Å². The predicted octanol–water partition coefficient (Wildman–Crippen LogP) is 1.04. The largest absolute Gasteiger partial charge is 0.480 e. The van der Waals surface area contributed by atoms with Crippen molar-refractivity contribution in [2.75, 3.05) is 6.54 Å². The molecule has 1 amide bonds. The van der Waals surface area contributed by atoms with Gasteiger partial charge in [0.2, 0.25) is 0 Å². The van der Waals surface area contributed by atoms with Gasteiger partial charge in [0, 0.05) is 19.4 Å². The Balaban J connectivity index is 2.69. The van der Waals surface area contributed by atoms with Crippen molar-refractivity contribution < 1.29 is 24.2 Å². The van der Waals surface area contributed by atoms with E-state index in [0.717, 1.165) is 4.90 Å². The highest BCUT2D eigenvalue weighted by molar-refractivity contribution is 5.90. The molecule has 1 aliphatic heterocycles. The summed E-state index contributed by atoms with van der Waals surface area (Å²) < 4.78 is 5.07. The molecule has 0 aromatic heterocycles. The van der Waals surface area contributed by atoms with Crippen LogP contribution in [0.15, 0.2) is 0 Å². The summed E-state index contributed by atoms with van der Waals surface area (Å²) in [5, 5.41) is 8.96. The van der Waals surface area contributed by atoms with Crippen LogP contribution in [0.3, 0.4) is 0 Å². The second kappa shape index (κ2) is 5.65. The molecule has 1 N–H and O–H groups in total. The van der Waals surface area contributed by atoms with Gasteiger partial charge in [-0.25, -0.2) is 9.59 Å². The van der Waals surface area contributed by atoms with Gasteiger partial charge in [0.15, 0.2) is 0 Å². The third kappa shape index (κ3) is 3.44. The van der Waals surface area contributed by atoms with E-state index in [1.807, 2.05) is 6.92 Å². The fourth-order valence-electron chi connectivity index (χ4n) is 1.59. The van der Waals surface area contributed by atoms with Crippen LogP contribution in [0.4, 0.5) is 4.79 Å². The zero-order valence-corrected chi connectivity index (χ0v) is 10.0. The van der Waals surface area contributed by atoms with Crippen molar-refractivity contribution >= 4 is 17.8 Å². The Kier molecular flexibility index (Phi) is 4.48. The minimum Gasteiger partial charge on any atom is -0.480 e. The number of carbonyl (C=O) groups is 3. The Morgan fingerprint density at radius 3 is 2.76 bits per heavy atom. The van der Waals surface area contributed by atoms with Crippen molar-refractivity contribution in [3.05, 3.63) is 0 Å². The number of piperidine rings is 1. The Bertz CT molecular complexity index is 328. The Morgan fingerprint density at radius 2 is 2.24 bits per heavy atom. The van der Waals surface area contributed by atoms with Crippen LogP contribution in [0, 0.1) is 0 Å². The van der Waals surface area contributed by atoms with E-state index in [9.17, 15) is 14.4 Å².